The minimum absolute atomic E-state index is 0.151. The Labute approximate surface area is 171 Å². The van der Waals surface area contributed by atoms with Crippen molar-refractivity contribution in [3.63, 3.8) is 0 Å². The van der Waals surface area contributed by atoms with Gasteiger partial charge in [-0.15, -0.1) is 0 Å². The van der Waals surface area contributed by atoms with Gasteiger partial charge in [0, 0.05) is 38.5 Å². The molecule has 1 unspecified atom stereocenters. The summed E-state index contributed by atoms with van der Waals surface area (Å²) in [5.41, 5.74) is 1.39. The van der Waals surface area contributed by atoms with Crippen molar-refractivity contribution in [2.75, 3.05) is 26.2 Å². The molecule has 0 aromatic heterocycles. The van der Waals surface area contributed by atoms with Gasteiger partial charge < -0.3 is 14.9 Å². The van der Waals surface area contributed by atoms with Crippen molar-refractivity contribution in [2.24, 2.45) is 11.3 Å². The second-order valence-corrected chi connectivity index (χ2v) is 8.89. The van der Waals surface area contributed by atoms with E-state index in [1.165, 1.54) is 6.42 Å². The first-order chi connectivity index (χ1) is 14.0. The Morgan fingerprint density at radius 1 is 0.931 bits per heavy atom. The predicted molar refractivity (Wildman–Crippen MR) is 109 cm³/mol. The van der Waals surface area contributed by atoms with Crippen LogP contribution in [0.5, 0.6) is 0 Å². The summed E-state index contributed by atoms with van der Waals surface area (Å²) < 4.78 is 0. The molecule has 2 saturated heterocycles. The summed E-state index contributed by atoms with van der Waals surface area (Å²) in [5.74, 6) is -0.242. The van der Waals surface area contributed by atoms with Crippen LogP contribution < -0.4 is 0 Å². The molecule has 1 aromatic carbocycles. The number of carbonyl (C=O) groups is 3. The van der Waals surface area contributed by atoms with E-state index in [1.54, 1.807) is 24.3 Å². The Morgan fingerprint density at radius 2 is 1.59 bits per heavy atom. The zero-order valence-corrected chi connectivity index (χ0v) is 16.9. The number of rotatable bonds is 5. The van der Waals surface area contributed by atoms with Crippen LogP contribution in [-0.2, 0) is 16.0 Å². The van der Waals surface area contributed by atoms with E-state index >= 15 is 0 Å². The largest absolute Gasteiger partial charge is 0.478 e. The third-order valence-corrected chi connectivity index (χ3v) is 7.10. The Bertz CT molecular complexity index is 775. The summed E-state index contributed by atoms with van der Waals surface area (Å²) >= 11 is 0. The van der Waals surface area contributed by atoms with Gasteiger partial charge in [-0.05, 0) is 68.1 Å². The Kier molecular flexibility index (Phi) is 5.61. The molecule has 3 aliphatic rings. The minimum atomic E-state index is -0.938. The standard InChI is InChI=1S/C23H30N2O4/c26-20(9-6-17-4-7-18(8-5-17)22(28)29)24-14-10-23(11-15-24)16-19(23)21(27)25-12-2-1-3-13-25/h4-5,7-8,19H,1-3,6,9-16H2,(H,28,29). The molecule has 0 bridgehead atoms. The minimum Gasteiger partial charge on any atom is -0.478 e. The van der Waals surface area contributed by atoms with E-state index in [0.29, 0.717) is 18.7 Å². The van der Waals surface area contributed by atoms with Gasteiger partial charge in [0.25, 0.3) is 0 Å². The molecular formula is C23H30N2O4. The lowest BCUT2D eigenvalue weighted by Crippen LogP contribution is -2.42. The number of benzene rings is 1. The number of hydrogen-bond acceptors (Lipinski definition) is 3. The maximum absolute atomic E-state index is 12.8. The number of amides is 2. The lowest BCUT2D eigenvalue weighted by atomic mass is 9.90. The summed E-state index contributed by atoms with van der Waals surface area (Å²) in [4.78, 5) is 40.3. The average Bonchev–Trinajstić information content (AvgIpc) is 3.45. The van der Waals surface area contributed by atoms with Gasteiger partial charge in [-0.1, -0.05) is 12.1 Å². The molecule has 1 atom stereocenters. The van der Waals surface area contributed by atoms with Crippen LogP contribution in [0.2, 0.25) is 0 Å². The molecule has 2 heterocycles. The second kappa shape index (κ2) is 8.17. The number of nitrogens with zero attached hydrogens (tertiary/aromatic N) is 2. The van der Waals surface area contributed by atoms with E-state index in [0.717, 1.165) is 63.8 Å². The monoisotopic (exact) mass is 398 g/mol. The van der Waals surface area contributed by atoms with Gasteiger partial charge in [-0.3, -0.25) is 9.59 Å². The van der Waals surface area contributed by atoms with Crippen molar-refractivity contribution in [1.82, 2.24) is 9.80 Å². The van der Waals surface area contributed by atoms with Crippen molar-refractivity contribution in [1.29, 1.82) is 0 Å². The van der Waals surface area contributed by atoms with Crippen molar-refractivity contribution in [2.45, 2.75) is 51.4 Å². The zero-order chi connectivity index (χ0) is 20.4. The second-order valence-electron chi connectivity index (χ2n) is 8.89. The molecule has 6 nitrogen and oxygen atoms in total. The fourth-order valence-corrected chi connectivity index (χ4v) is 5.01. The number of carboxylic acids is 1. The van der Waals surface area contributed by atoms with Crippen LogP contribution in [0.15, 0.2) is 24.3 Å². The summed E-state index contributed by atoms with van der Waals surface area (Å²) in [6.45, 7) is 3.34. The van der Waals surface area contributed by atoms with Gasteiger partial charge in [-0.2, -0.15) is 0 Å². The highest BCUT2D eigenvalue weighted by atomic mass is 16.4. The van der Waals surface area contributed by atoms with Crippen LogP contribution >= 0.6 is 0 Å². The molecule has 1 aliphatic carbocycles. The van der Waals surface area contributed by atoms with Crippen LogP contribution in [0.1, 0.15) is 60.9 Å². The number of piperidine rings is 2. The highest BCUT2D eigenvalue weighted by Gasteiger charge is 2.59. The summed E-state index contributed by atoms with van der Waals surface area (Å²) in [6.07, 6.45) is 7.44. The van der Waals surface area contributed by atoms with Crippen LogP contribution in [0.4, 0.5) is 0 Å². The molecule has 3 fully saturated rings. The first-order valence-electron chi connectivity index (χ1n) is 10.9. The maximum Gasteiger partial charge on any atom is 0.335 e. The number of carboxylic acid groups (broad SMARTS) is 1. The molecule has 6 heteroatoms. The number of likely N-dealkylation sites (tertiary alicyclic amines) is 2. The van der Waals surface area contributed by atoms with Gasteiger partial charge in [0.05, 0.1) is 5.56 Å². The molecule has 156 valence electrons. The predicted octanol–water partition coefficient (Wildman–Crippen LogP) is 2.96. The quantitative estimate of drug-likeness (QED) is 0.827. The van der Waals surface area contributed by atoms with E-state index < -0.39 is 5.97 Å². The molecule has 1 spiro atoms. The Morgan fingerprint density at radius 3 is 2.21 bits per heavy atom. The number of aromatic carboxylic acids is 1. The molecule has 0 radical (unpaired) electrons. The van der Waals surface area contributed by atoms with Crippen molar-refractivity contribution < 1.29 is 19.5 Å². The van der Waals surface area contributed by atoms with E-state index in [-0.39, 0.29) is 22.8 Å². The summed E-state index contributed by atoms with van der Waals surface area (Å²) in [5, 5.41) is 8.95. The average molecular weight is 399 g/mol. The van der Waals surface area contributed by atoms with Crippen molar-refractivity contribution in [3.8, 4) is 0 Å². The summed E-state index contributed by atoms with van der Waals surface area (Å²) in [7, 11) is 0. The van der Waals surface area contributed by atoms with E-state index in [1.807, 2.05) is 4.90 Å². The number of aryl methyl sites for hydroxylation is 1. The molecule has 1 N–H and O–H groups in total. The summed E-state index contributed by atoms with van der Waals surface area (Å²) in [6, 6.07) is 6.73. The van der Waals surface area contributed by atoms with Crippen LogP contribution in [-0.4, -0.2) is 58.9 Å². The zero-order valence-electron chi connectivity index (χ0n) is 16.9. The van der Waals surface area contributed by atoms with Crippen LogP contribution in [0.25, 0.3) is 0 Å². The highest BCUT2D eigenvalue weighted by Crippen LogP contribution is 2.60. The fraction of sp³-hybridized carbons (Fsp3) is 0.609. The van der Waals surface area contributed by atoms with Gasteiger partial charge in [0.2, 0.25) is 11.8 Å². The molecule has 29 heavy (non-hydrogen) atoms. The first kappa shape index (κ1) is 19.9. The maximum atomic E-state index is 12.8. The van der Waals surface area contributed by atoms with Crippen LogP contribution in [0, 0.1) is 11.3 Å². The Balaban J connectivity index is 1.23. The highest BCUT2D eigenvalue weighted by molar-refractivity contribution is 5.87. The van der Waals surface area contributed by atoms with E-state index in [4.69, 9.17) is 5.11 Å². The van der Waals surface area contributed by atoms with Crippen molar-refractivity contribution in [3.05, 3.63) is 35.4 Å². The number of hydrogen-bond donors (Lipinski definition) is 1. The van der Waals surface area contributed by atoms with E-state index in [2.05, 4.69) is 4.90 Å². The van der Waals surface area contributed by atoms with E-state index in [9.17, 15) is 14.4 Å². The normalized spacial score (nSPS) is 23.1. The molecule has 4 rings (SSSR count). The molecule has 2 aliphatic heterocycles. The lowest BCUT2D eigenvalue weighted by molar-refractivity contribution is -0.135. The Hall–Kier alpha value is -2.37. The number of carbonyl (C=O) groups excluding carboxylic acids is 2. The van der Waals surface area contributed by atoms with Crippen molar-refractivity contribution >= 4 is 17.8 Å². The third-order valence-electron chi connectivity index (χ3n) is 7.10. The SMILES string of the molecule is O=C(O)c1ccc(CCC(=O)N2CCC3(CC2)CC3C(=O)N2CCCCC2)cc1. The van der Waals surface area contributed by atoms with Gasteiger partial charge in [0.1, 0.15) is 0 Å². The topological polar surface area (TPSA) is 77.9 Å². The molecular weight excluding hydrogens is 368 g/mol. The van der Waals surface area contributed by atoms with Crippen LogP contribution in [0.3, 0.4) is 0 Å². The molecule has 1 saturated carbocycles. The van der Waals surface area contributed by atoms with Gasteiger partial charge >= 0.3 is 5.97 Å². The molecule has 1 aromatic rings. The third kappa shape index (κ3) is 4.31. The smallest absolute Gasteiger partial charge is 0.335 e. The fourth-order valence-electron chi connectivity index (χ4n) is 5.01. The first-order valence-corrected chi connectivity index (χ1v) is 10.9. The van der Waals surface area contributed by atoms with Gasteiger partial charge in [-0.25, -0.2) is 4.79 Å². The lowest BCUT2D eigenvalue weighted by Gasteiger charge is -2.34. The molecule has 2 amide bonds. The van der Waals surface area contributed by atoms with Gasteiger partial charge in [0.15, 0.2) is 0 Å².